The molecule has 0 saturated carbocycles. The minimum absolute atomic E-state index is 0.0273. The summed E-state index contributed by atoms with van der Waals surface area (Å²) in [5.41, 5.74) is 0.0403. The number of benzene rings is 1. The fraction of sp³-hybridized carbons (Fsp3) is 0.467. The smallest absolute Gasteiger partial charge is 0.408 e. The summed E-state index contributed by atoms with van der Waals surface area (Å²) in [5.74, 6) is -0.350. The van der Waals surface area contributed by atoms with E-state index in [0.29, 0.717) is 5.56 Å². The number of nitrogens with one attached hydrogen (secondary N) is 1. The number of carbonyl (C=O) groups is 2. The van der Waals surface area contributed by atoms with Crippen molar-refractivity contribution in [2.75, 3.05) is 7.11 Å². The van der Waals surface area contributed by atoms with Gasteiger partial charge >= 0.3 is 12.1 Å². The Morgan fingerprint density at radius 3 is 2.29 bits per heavy atom. The molecule has 0 spiro atoms. The van der Waals surface area contributed by atoms with Crippen LogP contribution in [0.3, 0.4) is 0 Å². The van der Waals surface area contributed by atoms with Crippen LogP contribution in [0.1, 0.15) is 38.8 Å². The van der Waals surface area contributed by atoms with E-state index in [1.807, 2.05) is 0 Å². The molecule has 0 heterocycles. The first-order chi connectivity index (χ1) is 9.71. The highest BCUT2D eigenvalue weighted by molar-refractivity contribution is 5.73. The van der Waals surface area contributed by atoms with Crippen molar-refractivity contribution in [3.63, 3.8) is 0 Å². The number of methoxy groups -OCH3 is 1. The van der Waals surface area contributed by atoms with Crippen LogP contribution >= 0.6 is 0 Å². The van der Waals surface area contributed by atoms with Gasteiger partial charge < -0.3 is 19.9 Å². The largest absolute Gasteiger partial charge is 0.508 e. The summed E-state index contributed by atoms with van der Waals surface area (Å²) < 4.78 is 9.81. The molecule has 0 bridgehead atoms. The zero-order valence-corrected chi connectivity index (χ0v) is 12.7. The fourth-order valence-electron chi connectivity index (χ4n) is 1.66. The lowest BCUT2D eigenvalue weighted by atomic mass is 10.0. The number of hydrogen-bond acceptors (Lipinski definition) is 5. The molecular weight excluding hydrogens is 274 g/mol. The Labute approximate surface area is 124 Å². The van der Waals surface area contributed by atoms with Crippen LogP contribution in [-0.4, -0.2) is 29.9 Å². The van der Waals surface area contributed by atoms with Crippen molar-refractivity contribution in [1.82, 2.24) is 5.32 Å². The van der Waals surface area contributed by atoms with E-state index in [0.717, 1.165) is 0 Å². The molecule has 0 radical (unpaired) electrons. The third-order valence-electron chi connectivity index (χ3n) is 2.58. The summed E-state index contributed by atoms with van der Waals surface area (Å²) in [6.45, 7) is 5.26. The SMILES string of the molecule is COC(=O)C[C@@H](NC(=O)OC(C)(C)C)c1ccc(O)cc1. The Balaban J connectivity index is 2.84. The lowest BCUT2D eigenvalue weighted by Crippen LogP contribution is -2.35. The Hall–Kier alpha value is -2.24. The number of amides is 1. The minimum Gasteiger partial charge on any atom is -0.508 e. The summed E-state index contributed by atoms with van der Waals surface area (Å²) in [6.07, 6.45) is -0.648. The van der Waals surface area contributed by atoms with Crippen LogP contribution in [-0.2, 0) is 14.3 Å². The van der Waals surface area contributed by atoms with Gasteiger partial charge in [0.15, 0.2) is 0 Å². The van der Waals surface area contributed by atoms with Gasteiger partial charge in [0.2, 0.25) is 0 Å². The molecule has 1 rings (SSSR count). The van der Waals surface area contributed by atoms with Gasteiger partial charge in [-0.25, -0.2) is 4.79 Å². The van der Waals surface area contributed by atoms with Gasteiger partial charge in [-0.05, 0) is 38.5 Å². The Kier molecular flexibility index (Phi) is 5.58. The summed E-state index contributed by atoms with van der Waals surface area (Å²) >= 11 is 0. The first-order valence-electron chi connectivity index (χ1n) is 6.56. The van der Waals surface area contributed by atoms with Crippen molar-refractivity contribution >= 4 is 12.1 Å². The van der Waals surface area contributed by atoms with E-state index in [-0.39, 0.29) is 12.2 Å². The van der Waals surface area contributed by atoms with Gasteiger partial charge in [0, 0.05) is 0 Å². The third-order valence-corrected chi connectivity index (χ3v) is 2.58. The zero-order chi connectivity index (χ0) is 16.0. The maximum Gasteiger partial charge on any atom is 0.408 e. The molecule has 6 heteroatoms. The van der Waals surface area contributed by atoms with E-state index in [9.17, 15) is 14.7 Å². The highest BCUT2D eigenvalue weighted by Crippen LogP contribution is 2.21. The van der Waals surface area contributed by atoms with Crippen molar-refractivity contribution in [2.45, 2.75) is 38.8 Å². The van der Waals surface area contributed by atoms with Gasteiger partial charge in [0.05, 0.1) is 19.6 Å². The first kappa shape index (κ1) is 16.8. The van der Waals surface area contributed by atoms with Crippen molar-refractivity contribution in [3.05, 3.63) is 29.8 Å². The molecule has 116 valence electrons. The number of rotatable bonds is 4. The predicted octanol–water partition coefficient (Wildman–Crippen LogP) is 2.52. The van der Waals surface area contributed by atoms with E-state index in [1.165, 1.54) is 19.2 Å². The van der Waals surface area contributed by atoms with Gasteiger partial charge in [-0.1, -0.05) is 12.1 Å². The second-order valence-corrected chi connectivity index (χ2v) is 5.57. The number of esters is 1. The van der Waals surface area contributed by atoms with Crippen LogP contribution in [0.4, 0.5) is 4.79 Å². The molecule has 6 nitrogen and oxygen atoms in total. The quantitative estimate of drug-likeness (QED) is 0.834. The fourth-order valence-corrected chi connectivity index (χ4v) is 1.66. The Morgan fingerprint density at radius 1 is 1.24 bits per heavy atom. The van der Waals surface area contributed by atoms with Crippen LogP contribution in [0.25, 0.3) is 0 Å². The average Bonchev–Trinajstić information content (AvgIpc) is 2.36. The second kappa shape index (κ2) is 6.97. The van der Waals surface area contributed by atoms with Crippen LogP contribution in [0, 0.1) is 0 Å². The van der Waals surface area contributed by atoms with Crippen LogP contribution in [0.5, 0.6) is 5.75 Å². The molecule has 0 aromatic heterocycles. The normalized spacial score (nSPS) is 12.4. The maximum absolute atomic E-state index is 11.8. The van der Waals surface area contributed by atoms with Crippen molar-refractivity contribution < 1.29 is 24.2 Å². The molecule has 0 aliphatic rings. The topological polar surface area (TPSA) is 84.9 Å². The molecular formula is C15H21NO5. The zero-order valence-electron chi connectivity index (χ0n) is 12.7. The predicted molar refractivity (Wildman–Crippen MR) is 76.9 cm³/mol. The minimum atomic E-state index is -0.630. The lowest BCUT2D eigenvalue weighted by molar-refractivity contribution is -0.141. The number of hydrogen-bond donors (Lipinski definition) is 2. The number of ether oxygens (including phenoxy) is 2. The van der Waals surface area contributed by atoms with Crippen LogP contribution in [0.15, 0.2) is 24.3 Å². The second-order valence-electron chi connectivity index (χ2n) is 5.57. The standard InChI is InChI=1S/C15H21NO5/c1-15(2,3)21-14(19)16-12(9-13(18)20-4)10-5-7-11(17)8-6-10/h5-8,12,17H,9H2,1-4H3,(H,16,19)/t12-/m1/s1. The van der Waals surface area contributed by atoms with Crippen molar-refractivity contribution in [1.29, 1.82) is 0 Å². The molecule has 1 aromatic rings. The monoisotopic (exact) mass is 295 g/mol. The van der Waals surface area contributed by atoms with Gasteiger partial charge in [-0.3, -0.25) is 4.79 Å². The molecule has 1 atom stereocenters. The number of carbonyl (C=O) groups excluding carboxylic acids is 2. The summed E-state index contributed by atoms with van der Waals surface area (Å²) in [4.78, 5) is 23.3. The maximum atomic E-state index is 11.8. The van der Waals surface area contributed by atoms with Gasteiger partial charge in [-0.2, -0.15) is 0 Å². The number of phenolic OH excluding ortho intramolecular Hbond substituents is 1. The molecule has 0 unspecified atom stereocenters. The van der Waals surface area contributed by atoms with Crippen molar-refractivity contribution in [2.24, 2.45) is 0 Å². The van der Waals surface area contributed by atoms with Crippen LogP contribution in [0.2, 0.25) is 0 Å². The van der Waals surface area contributed by atoms with Crippen LogP contribution < -0.4 is 5.32 Å². The first-order valence-corrected chi connectivity index (χ1v) is 6.56. The van der Waals surface area contributed by atoms with E-state index in [1.54, 1.807) is 32.9 Å². The lowest BCUT2D eigenvalue weighted by Gasteiger charge is -2.23. The highest BCUT2D eigenvalue weighted by Gasteiger charge is 2.22. The van der Waals surface area contributed by atoms with Gasteiger partial charge in [0.25, 0.3) is 0 Å². The summed E-state index contributed by atoms with van der Waals surface area (Å²) in [7, 11) is 1.28. The molecule has 0 aliphatic carbocycles. The highest BCUT2D eigenvalue weighted by atomic mass is 16.6. The van der Waals surface area contributed by atoms with Crippen molar-refractivity contribution in [3.8, 4) is 5.75 Å². The molecule has 2 N–H and O–H groups in total. The number of alkyl carbamates (subject to hydrolysis) is 1. The number of phenols is 1. The Morgan fingerprint density at radius 2 is 1.81 bits per heavy atom. The molecule has 0 saturated heterocycles. The Bertz CT molecular complexity index is 490. The third kappa shape index (κ3) is 6.16. The average molecular weight is 295 g/mol. The molecule has 1 aromatic carbocycles. The molecule has 1 amide bonds. The number of aromatic hydroxyl groups is 1. The molecule has 21 heavy (non-hydrogen) atoms. The van der Waals surface area contributed by atoms with Gasteiger partial charge in [0.1, 0.15) is 11.4 Å². The molecule has 0 fully saturated rings. The van der Waals surface area contributed by atoms with E-state index < -0.39 is 23.7 Å². The van der Waals surface area contributed by atoms with E-state index in [4.69, 9.17) is 4.74 Å². The van der Waals surface area contributed by atoms with E-state index in [2.05, 4.69) is 10.1 Å². The summed E-state index contributed by atoms with van der Waals surface area (Å²) in [5, 5.41) is 11.9. The molecule has 0 aliphatic heterocycles. The summed E-state index contributed by atoms with van der Waals surface area (Å²) in [6, 6.07) is 5.63. The van der Waals surface area contributed by atoms with E-state index >= 15 is 0 Å². The van der Waals surface area contributed by atoms with Gasteiger partial charge in [-0.15, -0.1) is 0 Å².